The third kappa shape index (κ3) is 6.50. The topological polar surface area (TPSA) is 139 Å². The fraction of sp³-hybridized carbons (Fsp3) is 0.172. The number of hydrogen-bond acceptors (Lipinski definition) is 7. The normalized spacial score (nSPS) is 14.4. The van der Waals surface area contributed by atoms with E-state index in [-0.39, 0.29) is 17.1 Å². The summed E-state index contributed by atoms with van der Waals surface area (Å²) in [5.41, 5.74) is 8.34. The van der Waals surface area contributed by atoms with Gasteiger partial charge >= 0.3 is 0 Å². The Morgan fingerprint density at radius 1 is 1.09 bits per heavy atom. The highest BCUT2D eigenvalue weighted by Crippen LogP contribution is 2.30. The van der Waals surface area contributed by atoms with Gasteiger partial charge in [-0.25, -0.2) is 9.07 Å². The summed E-state index contributed by atoms with van der Waals surface area (Å²) < 4.78 is 16.1. The summed E-state index contributed by atoms with van der Waals surface area (Å²) in [6, 6.07) is 14.3. The van der Waals surface area contributed by atoms with Gasteiger partial charge in [-0.1, -0.05) is 46.6 Å². The summed E-state index contributed by atoms with van der Waals surface area (Å²) in [4.78, 5) is 47.3. The molecule has 1 fully saturated rings. The van der Waals surface area contributed by atoms with Gasteiger partial charge in [0.1, 0.15) is 24.9 Å². The molecule has 1 unspecified atom stereocenters. The number of carbonyl (C=O) groups excluding carboxylic acids is 3. The number of aromatic nitrogens is 3. The van der Waals surface area contributed by atoms with Crippen LogP contribution >= 0.6 is 23.2 Å². The van der Waals surface area contributed by atoms with Crippen molar-refractivity contribution in [1.82, 2.24) is 19.9 Å². The maximum atomic E-state index is 14.7. The fourth-order valence-corrected chi connectivity index (χ4v) is 5.04. The number of nitrogens with two attached hydrogens (primary N) is 1. The summed E-state index contributed by atoms with van der Waals surface area (Å²) in [6.45, 7) is -0.862. The first kappa shape index (κ1) is 29.7. The molecular formula is C29H25Cl2FN8O3. The number of nitrogens with one attached hydrogen (secondary N) is 1. The smallest absolute Gasteiger partial charge is 0.247 e. The molecule has 1 aliphatic rings. The standard InChI is InChI=1S/C29H25Cl2FN8O3/c1-34-13-18-10-20(7-8-22(18)33)35-29(43)25(11-17-4-2-3-5-21(17)32)39-16-27(41)38(15-28(39)42)24-12-19(30)6-9-23(24)40-14-26(31)36-37-40/h2-10,12-14,25H,11,15-16,33H2,1H3,(H,35,43). The Balaban J connectivity index is 1.46. The van der Waals surface area contributed by atoms with Gasteiger partial charge in [-0.05, 0) is 48.0 Å². The molecule has 14 heteroatoms. The maximum absolute atomic E-state index is 14.7. The molecule has 220 valence electrons. The molecule has 43 heavy (non-hydrogen) atoms. The average molecular weight is 623 g/mol. The van der Waals surface area contributed by atoms with Crippen LogP contribution in [0.5, 0.6) is 0 Å². The molecule has 0 bridgehead atoms. The van der Waals surface area contributed by atoms with Gasteiger partial charge in [-0.15, -0.1) is 5.10 Å². The second-order valence-electron chi connectivity index (χ2n) is 9.65. The van der Waals surface area contributed by atoms with E-state index in [0.717, 1.165) is 4.90 Å². The number of amides is 3. The molecule has 3 amide bonds. The molecule has 1 saturated heterocycles. The van der Waals surface area contributed by atoms with E-state index in [4.69, 9.17) is 28.9 Å². The van der Waals surface area contributed by atoms with Crippen molar-refractivity contribution in [2.75, 3.05) is 36.1 Å². The molecule has 3 aromatic carbocycles. The number of aliphatic imine (C=N–C) groups is 1. The van der Waals surface area contributed by atoms with Gasteiger partial charge in [0.05, 0.1) is 17.6 Å². The van der Waals surface area contributed by atoms with Crippen LogP contribution in [-0.4, -0.2) is 70.0 Å². The Kier molecular flexibility index (Phi) is 8.69. The lowest BCUT2D eigenvalue weighted by atomic mass is 10.0. The van der Waals surface area contributed by atoms with Crippen LogP contribution in [0.25, 0.3) is 5.69 Å². The van der Waals surface area contributed by atoms with E-state index in [0.29, 0.717) is 33.3 Å². The van der Waals surface area contributed by atoms with Crippen LogP contribution in [0, 0.1) is 5.82 Å². The third-order valence-electron chi connectivity index (χ3n) is 6.83. The largest absolute Gasteiger partial charge is 0.398 e. The minimum Gasteiger partial charge on any atom is -0.398 e. The number of piperazine rings is 1. The summed E-state index contributed by atoms with van der Waals surface area (Å²) in [6.07, 6.45) is 2.82. The van der Waals surface area contributed by atoms with Crippen LogP contribution in [0.2, 0.25) is 10.2 Å². The third-order valence-corrected chi connectivity index (χ3v) is 7.24. The number of halogens is 3. The van der Waals surface area contributed by atoms with E-state index in [1.807, 2.05) is 0 Å². The highest BCUT2D eigenvalue weighted by atomic mass is 35.5. The molecule has 5 rings (SSSR count). The summed E-state index contributed by atoms with van der Waals surface area (Å²) in [7, 11) is 1.59. The molecule has 2 heterocycles. The second-order valence-corrected chi connectivity index (χ2v) is 10.5. The molecular weight excluding hydrogens is 598 g/mol. The molecule has 1 aliphatic heterocycles. The van der Waals surface area contributed by atoms with Crippen LogP contribution in [-0.2, 0) is 20.8 Å². The second kappa shape index (κ2) is 12.6. The lowest BCUT2D eigenvalue weighted by molar-refractivity contribution is -0.143. The number of benzene rings is 3. The first-order valence-electron chi connectivity index (χ1n) is 13.0. The lowest BCUT2D eigenvalue weighted by Crippen LogP contribution is -2.60. The van der Waals surface area contributed by atoms with Crippen molar-refractivity contribution >= 4 is 64.2 Å². The SMILES string of the molecule is CN=Cc1cc(NC(=O)C(Cc2ccccc2F)N2CC(=O)N(c3cc(Cl)ccc3-n3cc(Cl)nn3)CC2=O)ccc1N. The molecule has 0 spiro atoms. The molecule has 3 N–H and O–H groups in total. The zero-order valence-corrected chi connectivity index (χ0v) is 24.3. The van der Waals surface area contributed by atoms with Crippen molar-refractivity contribution in [3.63, 3.8) is 0 Å². The Labute approximate surface area is 255 Å². The summed E-state index contributed by atoms with van der Waals surface area (Å²) in [5.74, 6) is -2.17. The Morgan fingerprint density at radius 2 is 1.88 bits per heavy atom. The molecule has 1 atom stereocenters. The van der Waals surface area contributed by atoms with Crippen molar-refractivity contribution in [3.8, 4) is 5.69 Å². The Morgan fingerprint density at radius 3 is 2.60 bits per heavy atom. The van der Waals surface area contributed by atoms with Crippen LogP contribution in [0.4, 0.5) is 21.5 Å². The van der Waals surface area contributed by atoms with Crippen molar-refractivity contribution in [2.24, 2.45) is 4.99 Å². The van der Waals surface area contributed by atoms with E-state index in [2.05, 4.69) is 20.6 Å². The van der Waals surface area contributed by atoms with E-state index < -0.39 is 42.7 Å². The van der Waals surface area contributed by atoms with Gasteiger partial charge in [0.2, 0.25) is 17.7 Å². The van der Waals surface area contributed by atoms with Gasteiger partial charge in [0, 0.05) is 41.6 Å². The zero-order valence-electron chi connectivity index (χ0n) is 22.7. The van der Waals surface area contributed by atoms with E-state index in [9.17, 15) is 18.8 Å². The highest BCUT2D eigenvalue weighted by molar-refractivity contribution is 6.31. The minimum atomic E-state index is -1.22. The molecule has 1 aromatic heterocycles. The quantitative estimate of drug-likeness (QED) is 0.226. The Hall–Kier alpha value is -4.81. The highest BCUT2D eigenvalue weighted by Gasteiger charge is 2.39. The summed E-state index contributed by atoms with van der Waals surface area (Å²) in [5, 5.41) is 11.0. The number of nitrogens with zero attached hydrogens (tertiary/aromatic N) is 6. The Bertz CT molecular complexity index is 1740. The molecule has 0 radical (unpaired) electrons. The number of hydrogen-bond donors (Lipinski definition) is 2. The molecule has 11 nitrogen and oxygen atoms in total. The minimum absolute atomic E-state index is 0.130. The van der Waals surface area contributed by atoms with Gasteiger partial charge in [-0.3, -0.25) is 24.3 Å². The van der Waals surface area contributed by atoms with Gasteiger partial charge < -0.3 is 16.0 Å². The van der Waals surface area contributed by atoms with E-state index in [1.165, 1.54) is 40.0 Å². The average Bonchev–Trinajstić information content (AvgIpc) is 3.41. The van der Waals surface area contributed by atoms with Crippen molar-refractivity contribution in [1.29, 1.82) is 0 Å². The summed E-state index contributed by atoms with van der Waals surface area (Å²) >= 11 is 12.2. The van der Waals surface area contributed by atoms with Gasteiger partial charge in [0.15, 0.2) is 5.15 Å². The van der Waals surface area contributed by atoms with Gasteiger partial charge in [-0.2, -0.15) is 0 Å². The van der Waals surface area contributed by atoms with Gasteiger partial charge in [0.25, 0.3) is 0 Å². The van der Waals surface area contributed by atoms with Crippen LogP contribution in [0.3, 0.4) is 0 Å². The van der Waals surface area contributed by atoms with Crippen LogP contribution < -0.4 is 16.0 Å². The maximum Gasteiger partial charge on any atom is 0.247 e. The monoisotopic (exact) mass is 622 g/mol. The van der Waals surface area contributed by atoms with Crippen molar-refractivity contribution in [2.45, 2.75) is 12.5 Å². The molecule has 0 saturated carbocycles. The number of nitrogen functional groups attached to an aromatic ring is 1. The predicted molar refractivity (Wildman–Crippen MR) is 162 cm³/mol. The van der Waals surface area contributed by atoms with Crippen LogP contribution in [0.15, 0.2) is 71.9 Å². The van der Waals surface area contributed by atoms with Crippen LogP contribution in [0.1, 0.15) is 11.1 Å². The van der Waals surface area contributed by atoms with Crippen molar-refractivity contribution < 1.29 is 18.8 Å². The first-order chi connectivity index (χ1) is 20.6. The molecule has 0 aliphatic carbocycles. The number of anilines is 3. The lowest BCUT2D eigenvalue weighted by Gasteiger charge is -2.38. The van der Waals surface area contributed by atoms with E-state index in [1.54, 1.807) is 49.7 Å². The predicted octanol–water partition coefficient (Wildman–Crippen LogP) is 3.77. The number of rotatable bonds is 8. The molecule has 4 aromatic rings. The fourth-order valence-electron chi connectivity index (χ4n) is 4.75. The number of carbonyl (C=O) groups is 3. The first-order valence-corrected chi connectivity index (χ1v) is 13.7. The van der Waals surface area contributed by atoms with E-state index >= 15 is 0 Å². The van der Waals surface area contributed by atoms with Crippen molar-refractivity contribution in [3.05, 3.63) is 94.0 Å². The zero-order chi connectivity index (χ0) is 30.7.